The molecule has 2 nitrogen and oxygen atoms in total. The molecule has 1 atom stereocenters. The fourth-order valence-electron chi connectivity index (χ4n) is 1.43. The summed E-state index contributed by atoms with van der Waals surface area (Å²) in [4.78, 5) is 10.9. The van der Waals surface area contributed by atoms with Crippen LogP contribution in [0.1, 0.15) is 31.4 Å². The summed E-state index contributed by atoms with van der Waals surface area (Å²) in [6.45, 7) is 1.36. The summed E-state index contributed by atoms with van der Waals surface area (Å²) >= 11 is 5.59. The van der Waals surface area contributed by atoms with Gasteiger partial charge in [-0.25, -0.2) is 4.39 Å². The average molecular weight is 245 g/mol. The Morgan fingerprint density at radius 1 is 1.44 bits per heavy atom. The molecule has 1 rings (SSSR count). The highest BCUT2D eigenvalue weighted by atomic mass is 35.5. The number of esters is 1. The molecule has 0 aromatic heterocycles. The topological polar surface area (TPSA) is 26.3 Å². The van der Waals surface area contributed by atoms with Gasteiger partial charge >= 0.3 is 5.97 Å². The van der Waals surface area contributed by atoms with Gasteiger partial charge in [0, 0.05) is 12.8 Å². The number of halogens is 2. The molecule has 16 heavy (non-hydrogen) atoms. The number of carbonyl (C=O) groups excluding carboxylic acids is 1. The zero-order valence-electron chi connectivity index (χ0n) is 9.08. The second kappa shape index (κ2) is 6.48. The van der Waals surface area contributed by atoms with E-state index < -0.39 is 0 Å². The molecule has 0 fully saturated rings. The Bertz CT molecular complexity index is 337. The molecule has 0 radical (unpaired) electrons. The minimum atomic E-state index is -0.344. The summed E-state index contributed by atoms with van der Waals surface area (Å²) in [7, 11) is 0. The standard InChI is InChI=1S/C12H14ClFO2/c1-9(15)16-12(3-2-8-13)10-4-6-11(14)7-5-10/h4-7,12H,2-3,8H2,1H3/t12-/m1/s1. The van der Waals surface area contributed by atoms with Gasteiger partial charge < -0.3 is 4.74 Å². The molecule has 1 aromatic carbocycles. The molecule has 0 bridgehead atoms. The van der Waals surface area contributed by atoms with E-state index >= 15 is 0 Å². The lowest BCUT2D eigenvalue weighted by molar-refractivity contribution is -0.147. The fourth-order valence-corrected chi connectivity index (χ4v) is 1.59. The number of hydrogen-bond acceptors (Lipinski definition) is 2. The van der Waals surface area contributed by atoms with Gasteiger partial charge in [0.15, 0.2) is 0 Å². The van der Waals surface area contributed by atoms with Crippen molar-refractivity contribution in [2.45, 2.75) is 25.9 Å². The van der Waals surface area contributed by atoms with Gasteiger partial charge in [-0.1, -0.05) is 12.1 Å². The number of ether oxygens (including phenoxy) is 1. The fraction of sp³-hybridized carbons (Fsp3) is 0.417. The highest BCUT2D eigenvalue weighted by molar-refractivity contribution is 6.17. The van der Waals surface area contributed by atoms with Crippen molar-refractivity contribution in [2.24, 2.45) is 0 Å². The second-order valence-electron chi connectivity index (χ2n) is 3.48. The first-order valence-electron chi connectivity index (χ1n) is 5.12. The van der Waals surface area contributed by atoms with Gasteiger partial charge in [-0.05, 0) is 30.5 Å². The molecule has 1 aromatic rings. The van der Waals surface area contributed by atoms with Gasteiger partial charge in [0.25, 0.3) is 0 Å². The zero-order valence-corrected chi connectivity index (χ0v) is 9.84. The van der Waals surface area contributed by atoms with E-state index in [1.54, 1.807) is 12.1 Å². The Hall–Kier alpha value is -1.09. The number of benzene rings is 1. The maximum atomic E-state index is 12.7. The van der Waals surface area contributed by atoms with E-state index in [1.807, 2.05) is 0 Å². The maximum absolute atomic E-state index is 12.7. The predicted molar refractivity (Wildman–Crippen MR) is 60.9 cm³/mol. The highest BCUT2D eigenvalue weighted by Crippen LogP contribution is 2.23. The van der Waals surface area contributed by atoms with Crippen LogP contribution in [0.4, 0.5) is 4.39 Å². The van der Waals surface area contributed by atoms with Gasteiger partial charge in [-0.3, -0.25) is 4.79 Å². The first-order chi connectivity index (χ1) is 7.63. The van der Waals surface area contributed by atoms with Crippen molar-refractivity contribution in [1.29, 1.82) is 0 Å². The largest absolute Gasteiger partial charge is 0.458 e. The minimum absolute atomic E-state index is 0.303. The lowest BCUT2D eigenvalue weighted by Gasteiger charge is -2.16. The van der Waals surface area contributed by atoms with Crippen LogP contribution in [0.2, 0.25) is 0 Å². The second-order valence-corrected chi connectivity index (χ2v) is 3.86. The molecule has 0 spiro atoms. The minimum Gasteiger partial charge on any atom is -0.458 e. The maximum Gasteiger partial charge on any atom is 0.303 e. The molecule has 0 saturated heterocycles. The molecule has 0 aliphatic heterocycles. The van der Waals surface area contributed by atoms with Crippen molar-refractivity contribution < 1.29 is 13.9 Å². The van der Waals surface area contributed by atoms with E-state index in [9.17, 15) is 9.18 Å². The van der Waals surface area contributed by atoms with Crippen molar-refractivity contribution in [3.63, 3.8) is 0 Å². The van der Waals surface area contributed by atoms with Crippen LogP contribution in [0.3, 0.4) is 0 Å². The van der Waals surface area contributed by atoms with Gasteiger partial charge in [-0.2, -0.15) is 0 Å². The van der Waals surface area contributed by atoms with E-state index in [2.05, 4.69) is 0 Å². The Morgan fingerprint density at radius 3 is 2.56 bits per heavy atom. The van der Waals surface area contributed by atoms with Crippen molar-refractivity contribution in [1.82, 2.24) is 0 Å². The summed E-state index contributed by atoms with van der Waals surface area (Å²) in [5.41, 5.74) is 0.793. The first-order valence-corrected chi connectivity index (χ1v) is 5.65. The Morgan fingerprint density at radius 2 is 2.06 bits per heavy atom. The molecule has 0 amide bonds. The molecule has 0 unspecified atom stereocenters. The summed E-state index contributed by atoms with van der Waals surface area (Å²) < 4.78 is 17.9. The summed E-state index contributed by atoms with van der Waals surface area (Å²) in [6.07, 6.45) is 1.06. The molecule has 0 aliphatic carbocycles. The third-order valence-electron chi connectivity index (χ3n) is 2.15. The molecule has 0 aliphatic rings. The zero-order chi connectivity index (χ0) is 12.0. The van der Waals surface area contributed by atoms with Gasteiger partial charge in [-0.15, -0.1) is 11.6 Å². The Balaban J connectivity index is 2.74. The highest BCUT2D eigenvalue weighted by Gasteiger charge is 2.14. The molecular weight excluding hydrogens is 231 g/mol. The first kappa shape index (κ1) is 13.0. The quantitative estimate of drug-likeness (QED) is 0.586. The van der Waals surface area contributed by atoms with Crippen LogP contribution in [0.15, 0.2) is 24.3 Å². The lowest BCUT2D eigenvalue weighted by Crippen LogP contribution is -2.09. The Labute approximate surface area is 99.4 Å². The van der Waals surface area contributed by atoms with E-state index in [4.69, 9.17) is 16.3 Å². The monoisotopic (exact) mass is 244 g/mol. The third-order valence-corrected chi connectivity index (χ3v) is 2.42. The smallest absolute Gasteiger partial charge is 0.303 e. The molecule has 0 N–H and O–H groups in total. The van der Waals surface area contributed by atoms with Gasteiger partial charge in [0.2, 0.25) is 0 Å². The molecular formula is C12H14ClFO2. The van der Waals surface area contributed by atoms with Crippen LogP contribution >= 0.6 is 11.6 Å². The van der Waals surface area contributed by atoms with Crippen LogP contribution in [-0.2, 0) is 9.53 Å². The number of rotatable bonds is 5. The van der Waals surface area contributed by atoms with Crippen LogP contribution < -0.4 is 0 Å². The van der Waals surface area contributed by atoms with Crippen molar-refractivity contribution in [3.05, 3.63) is 35.6 Å². The van der Waals surface area contributed by atoms with Crippen molar-refractivity contribution in [3.8, 4) is 0 Å². The summed E-state index contributed by atoms with van der Waals surface area (Å²) in [6, 6.07) is 5.95. The number of alkyl halides is 1. The van der Waals surface area contributed by atoms with Crippen molar-refractivity contribution >= 4 is 17.6 Å². The molecule has 0 saturated carbocycles. The Kier molecular flexibility index (Phi) is 5.26. The van der Waals surface area contributed by atoms with Gasteiger partial charge in [0.1, 0.15) is 11.9 Å². The summed E-state index contributed by atoms with van der Waals surface area (Å²) in [5.74, 6) is -0.134. The van der Waals surface area contributed by atoms with E-state index in [1.165, 1.54) is 19.1 Å². The van der Waals surface area contributed by atoms with E-state index in [0.29, 0.717) is 12.3 Å². The predicted octanol–water partition coefficient (Wildman–Crippen LogP) is 3.45. The van der Waals surface area contributed by atoms with Crippen LogP contribution in [-0.4, -0.2) is 11.8 Å². The van der Waals surface area contributed by atoms with Crippen molar-refractivity contribution in [2.75, 3.05) is 5.88 Å². The molecule has 0 heterocycles. The summed E-state index contributed by atoms with van der Waals surface area (Å²) in [5, 5.41) is 0. The van der Waals surface area contributed by atoms with Gasteiger partial charge in [0.05, 0.1) is 0 Å². The lowest BCUT2D eigenvalue weighted by atomic mass is 10.1. The normalized spacial score (nSPS) is 12.2. The number of carbonyl (C=O) groups is 1. The number of hydrogen-bond donors (Lipinski definition) is 0. The SMILES string of the molecule is CC(=O)O[C@H](CCCCl)c1ccc(F)cc1. The molecule has 4 heteroatoms. The molecule has 88 valence electrons. The van der Waals surface area contributed by atoms with E-state index in [0.717, 1.165) is 12.0 Å². The third kappa shape index (κ3) is 4.19. The average Bonchev–Trinajstić information content (AvgIpc) is 2.25. The van der Waals surface area contributed by atoms with Crippen LogP contribution in [0, 0.1) is 5.82 Å². The van der Waals surface area contributed by atoms with E-state index in [-0.39, 0.29) is 17.9 Å². The van der Waals surface area contributed by atoms with Crippen LogP contribution in [0.25, 0.3) is 0 Å². The van der Waals surface area contributed by atoms with Crippen LogP contribution in [0.5, 0.6) is 0 Å².